The fourth-order valence-electron chi connectivity index (χ4n) is 2.43. The van der Waals surface area contributed by atoms with Gasteiger partial charge in [-0.1, -0.05) is 6.20 Å². The third-order valence-corrected chi connectivity index (χ3v) is 3.39. The van der Waals surface area contributed by atoms with Crippen LogP contribution in [0, 0.1) is 6.20 Å². The number of hydrogen-bond acceptors (Lipinski definition) is 6. The zero-order chi connectivity index (χ0) is 15.7. The van der Waals surface area contributed by atoms with Gasteiger partial charge in [0.2, 0.25) is 0 Å². The molecule has 0 radical (unpaired) electrons. The number of rotatable bonds is 3. The molecule has 7 nitrogen and oxygen atoms in total. The summed E-state index contributed by atoms with van der Waals surface area (Å²) in [6.45, 7) is 0.0356. The number of alkyl halides is 2. The smallest absolute Gasteiger partial charge is 0.262 e. The van der Waals surface area contributed by atoms with Crippen LogP contribution in [0.25, 0.3) is 11.0 Å². The molecule has 2 aromatic rings. The molecule has 0 saturated carbocycles. The maximum absolute atomic E-state index is 13.4. The summed E-state index contributed by atoms with van der Waals surface area (Å²) in [5, 5.41) is 5.58. The van der Waals surface area contributed by atoms with E-state index in [1.807, 2.05) is 0 Å². The molecule has 1 saturated heterocycles. The summed E-state index contributed by atoms with van der Waals surface area (Å²) in [7, 11) is 0. The number of nitrogens with two attached hydrogens (primary N) is 1. The first-order chi connectivity index (χ1) is 10.5. The summed E-state index contributed by atoms with van der Waals surface area (Å²) in [6.07, 6.45) is 3.46. The minimum Gasteiger partial charge on any atom is -0.381 e. The van der Waals surface area contributed by atoms with E-state index in [1.165, 1.54) is 12.4 Å². The van der Waals surface area contributed by atoms with Crippen molar-refractivity contribution in [3.63, 3.8) is 0 Å². The van der Waals surface area contributed by atoms with Gasteiger partial charge in [0.05, 0.1) is 12.4 Å². The van der Waals surface area contributed by atoms with Crippen LogP contribution < -0.4 is 16.4 Å². The number of anilines is 1. The number of carbonyl (C=O) groups is 1. The monoisotopic (exact) mass is 491 g/mol. The van der Waals surface area contributed by atoms with Crippen molar-refractivity contribution >= 4 is 22.8 Å². The topological polar surface area (TPSA) is 106 Å². The summed E-state index contributed by atoms with van der Waals surface area (Å²) < 4.78 is 26.8. The van der Waals surface area contributed by atoms with Crippen LogP contribution in [0.5, 0.6) is 0 Å². The molecule has 1 amide bonds. The molecule has 1 atom stereocenters. The minimum absolute atomic E-state index is 0. The van der Waals surface area contributed by atoms with Crippen LogP contribution in [0.2, 0.25) is 0 Å². The molecule has 23 heavy (non-hydrogen) atoms. The first-order valence-electron chi connectivity index (χ1n) is 6.63. The van der Waals surface area contributed by atoms with Crippen LogP contribution in [-0.2, 0) is 21.1 Å². The van der Waals surface area contributed by atoms with Gasteiger partial charge in [0, 0.05) is 45.6 Å². The zero-order valence-electron chi connectivity index (χ0n) is 11.8. The van der Waals surface area contributed by atoms with Gasteiger partial charge >= 0.3 is 0 Å². The van der Waals surface area contributed by atoms with E-state index in [0.29, 0.717) is 6.54 Å². The quantitative estimate of drug-likeness (QED) is 0.535. The van der Waals surface area contributed by atoms with Crippen LogP contribution in [0.3, 0.4) is 0 Å². The van der Waals surface area contributed by atoms with Gasteiger partial charge in [-0.15, -0.1) is 6.07 Å². The molecule has 3 rings (SSSR count). The first-order valence-corrected chi connectivity index (χ1v) is 6.63. The molecule has 3 heterocycles. The average Bonchev–Trinajstić information content (AvgIpc) is 2.46. The van der Waals surface area contributed by atoms with Crippen molar-refractivity contribution in [2.75, 3.05) is 18.4 Å². The summed E-state index contributed by atoms with van der Waals surface area (Å²) >= 11 is 0. The van der Waals surface area contributed by atoms with Gasteiger partial charge in [-0.2, -0.15) is 0 Å². The van der Waals surface area contributed by atoms with Crippen LogP contribution in [0.1, 0.15) is 16.8 Å². The van der Waals surface area contributed by atoms with Crippen LogP contribution in [-0.4, -0.2) is 45.9 Å². The Morgan fingerprint density at radius 1 is 1.43 bits per heavy atom. The van der Waals surface area contributed by atoms with Gasteiger partial charge < -0.3 is 21.4 Å². The molecule has 2 aromatic heterocycles. The van der Waals surface area contributed by atoms with E-state index in [4.69, 9.17) is 5.73 Å². The second-order valence-corrected chi connectivity index (χ2v) is 5.11. The standard InChI is InChI=1S/C13H13F2N6O.W/c14-13(15)3-7(4-17-5-13)21-12-10-9(19-6-20-12)8(11(16)22)1-2-18-10;/h1,6-7,17H,3-5H2,(H2,16,22)(H,19,20,21);/q-1;/t7-;/m0./s1. The third kappa shape index (κ3) is 3.79. The predicted octanol–water partition coefficient (Wildman–Crippen LogP) is 0.330. The SMILES string of the molecule is NC(=O)c1c[c-]nc2c(N[C@@H]3CNCC(F)(F)C3)ncnc12.[W]. The first kappa shape index (κ1) is 17.6. The van der Waals surface area contributed by atoms with Crippen molar-refractivity contribution in [1.29, 1.82) is 0 Å². The van der Waals surface area contributed by atoms with Gasteiger partial charge in [0.1, 0.15) is 6.33 Å². The molecule has 0 unspecified atom stereocenters. The van der Waals surface area contributed by atoms with Crippen molar-refractivity contribution in [2.45, 2.75) is 18.4 Å². The number of piperidine rings is 1. The summed E-state index contributed by atoms with van der Waals surface area (Å²) in [4.78, 5) is 23.4. The van der Waals surface area contributed by atoms with E-state index in [2.05, 4.69) is 31.8 Å². The van der Waals surface area contributed by atoms with E-state index >= 15 is 0 Å². The van der Waals surface area contributed by atoms with E-state index < -0.39 is 17.9 Å². The number of hydrogen-bond donors (Lipinski definition) is 3. The van der Waals surface area contributed by atoms with Gasteiger partial charge in [0.15, 0.2) is 5.91 Å². The third-order valence-electron chi connectivity index (χ3n) is 3.39. The van der Waals surface area contributed by atoms with Crippen LogP contribution in [0.4, 0.5) is 14.6 Å². The molecular formula is C13H13F2N6OW-. The Hall–Kier alpha value is -1.73. The van der Waals surface area contributed by atoms with E-state index in [1.54, 1.807) is 0 Å². The Morgan fingerprint density at radius 2 is 2.22 bits per heavy atom. The molecule has 122 valence electrons. The maximum atomic E-state index is 13.4. The van der Waals surface area contributed by atoms with Gasteiger partial charge in [-0.3, -0.25) is 9.78 Å². The molecule has 4 N–H and O–H groups in total. The van der Waals surface area contributed by atoms with Gasteiger partial charge in [-0.25, -0.2) is 13.8 Å². The second-order valence-electron chi connectivity index (χ2n) is 5.11. The Bertz CT molecular complexity index is 729. The number of amides is 1. The summed E-state index contributed by atoms with van der Waals surface area (Å²) in [6, 6.07) is 0.818. The Balaban J connectivity index is 0.00000192. The number of halogens is 2. The number of aromatic nitrogens is 3. The van der Waals surface area contributed by atoms with Crippen molar-refractivity contribution in [3.05, 3.63) is 24.2 Å². The maximum Gasteiger partial charge on any atom is 0.262 e. The molecule has 0 bridgehead atoms. The fourth-order valence-corrected chi connectivity index (χ4v) is 2.43. The summed E-state index contributed by atoms with van der Waals surface area (Å²) in [5.74, 6) is -3.18. The van der Waals surface area contributed by atoms with Crippen molar-refractivity contribution in [1.82, 2.24) is 20.3 Å². The van der Waals surface area contributed by atoms with E-state index in [0.717, 1.165) is 0 Å². The minimum atomic E-state index is -2.78. The van der Waals surface area contributed by atoms with Gasteiger partial charge in [0.25, 0.3) is 5.92 Å². The van der Waals surface area contributed by atoms with E-state index in [-0.39, 0.29) is 56.4 Å². The molecule has 1 aliphatic heterocycles. The number of nitrogens with zero attached hydrogens (tertiary/aromatic N) is 3. The number of fused-ring (bicyclic) bond motifs is 1. The normalized spacial score (nSPS) is 19.8. The summed E-state index contributed by atoms with van der Waals surface area (Å²) in [5.41, 5.74) is 5.96. The Labute approximate surface area is 144 Å². The Morgan fingerprint density at radius 3 is 2.91 bits per heavy atom. The number of pyridine rings is 1. The largest absolute Gasteiger partial charge is 0.381 e. The number of nitrogens with one attached hydrogen (secondary N) is 2. The molecule has 1 aliphatic rings. The molecule has 10 heteroatoms. The molecule has 0 spiro atoms. The zero-order valence-corrected chi connectivity index (χ0v) is 14.8. The number of primary amides is 1. The van der Waals surface area contributed by atoms with Gasteiger partial charge in [-0.05, 0) is 11.1 Å². The number of carbonyl (C=O) groups excluding carboxylic acids is 1. The molecule has 1 fully saturated rings. The molecular weight excluding hydrogens is 478 g/mol. The van der Waals surface area contributed by atoms with Crippen LogP contribution >= 0.6 is 0 Å². The molecule has 0 aromatic carbocycles. The second kappa shape index (κ2) is 6.80. The van der Waals surface area contributed by atoms with E-state index in [9.17, 15) is 13.6 Å². The van der Waals surface area contributed by atoms with Crippen LogP contribution in [0.15, 0.2) is 12.4 Å². The van der Waals surface area contributed by atoms with Crippen molar-refractivity contribution in [3.8, 4) is 0 Å². The average molecular weight is 491 g/mol. The molecule has 0 aliphatic carbocycles. The van der Waals surface area contributed by atoms with Crippen molar-refractivity contribution < 1.29 is 34.6 Å². The fraction of sp³-hybridized carbons (Fsp3) is 0.385. The van der Waals surface area contributed by atoms with Crippen molar-refractivity contribution in [2.24, 2.45) is 5.73 Å². The Kier molecular flexibility index (Phi) is 5.21. The predicted molar refractivity (Wildman–Crippen MR) is 74.5 cm³/mol.